The summed E-state index contributed by atoms with van der Waals surface area (Å²) in [5.41, 5.74) is 7.63. The van der Waals surface area contributed by atoms with E-state index in [4.69, 9.17) is 16.6 Å². The molecule has 0 bridgehead atoms. The highest BCUT2D eigenvalue weighted by atomic mass is 35.5. The summed E-state index contributed by atoms with van der Waals surface area (Å²) in [6.07, 6.45) is 2.50. The summed E-state index contributed by atoms with van der Waals surface area (Å²) in [6, 6.07) is 25.2. The van der Waals surface area contributed by atoms with Gasteiger partial charge in [0, 0.05) is 17.0 Å². The quantitative estimate of drug-likeness (QED) is 0.311. The molecular formula is C28H26ClN2. The Morgan fingerprint density at radius 3 is 2.13 bits per heavy atom. The zero-order valence-corrected chi connectivity index (χ0v) is 18.9. The Morgan fingerprint density at radius 2 is 1.48 bits per heavy atom. The summed E-state index contributed by atoms with van der Waals surface area (Å²) in [4.78, 5) is 9.48. The number of halogens is 1. The highest BCUT2D eigenvalue weighted by Crippen LogP contribution is 2.50. The lowest BCUT2D eigenvalue weighted by atomic mass is 9.59. The molecule has 2 heterocycles. The number of fused-ring (bicyclic) bond motifs is 1. The monoisotopic (exact) mass is 425 g/mol. The number of hydrogen-bond acceptors (Lipinski definition) is 2. The third-order valence-electron chi connectivity index (χ3n) is 6.42. The highest BCUT2D eigenvalue weighted by molar-refractivity contribution is 6.29. The van der Waals surface area contributed by atoms with Gasteiger partial charge in [0.1, 0.15) is 5.15 Å². The lowest BCUT2D eigenvalue weighted by Crippen LogP contribution is -2.35. The lowest BCUT2D eigenvalue weighted by molar-refractivity contribution is 0.180. The van der Waals surface area contributed by atoms with Crippen LogP contribution in [-0.4, -0.2) is 9.97 Å². The molecule has 0 aliphatic heterocycles. The smallest absolute Gasteiger partial charge is 0.129 e. The van der Waals surface area contributed by atoms with E-state index in [0.717, 1.165) is 33.4 Å². The van der Waals surface area contributed by atoms with Gasteiger partial charge in [-0.15, -0.1) is 0 Å². The number of benzene rings is 2. The van der Waals surface area contributed by atoms with Gasteiger partial charge >= 0.3 is 0 Å². The minimum Gasteiger partial charge on any atom is -0.245 e. The standard InChI is InChI=1S/C28H26ClN2/c1-28(2,3)23-14-13-21(23)19-9-11-20(12-10-19)27-22(18-7-5-4-6-8-18)17-25-24(31-27)15-16-26(29)30-25/h4-12,15-17,23H,13-14H2,1-3H3. The largest absolute Gasteiger partial charge is 0.245 e. The molecule has 31 heavy (non-hydrogen) atoms. The Bertz CT molecular complexity index is 1220. The number of rotatable bonds is 3. The molecular weight excluding hydrogens is 400 g/mol. The molecule has 0 amide bonds. The fourth-order valence-electron chi connectivity index (χ4n) is 4.66. The van der Waals surface area contributed by atoms with Gasteiger partial charge in [-0.05, 0) is 53.5 Å². The van der Waals surface area contributed by atoms with Crippen LogP contribution in [-0.2, 0) is 0 Å². The maximum Gasteiger partial charge on any atom is 0.129 e. The molecule has 1 radical (unpaired) electrons. The van der Waals surface area contributed by atoms with E-state index in [2.05, 4.69) is 80.4 Å². The topological polar surface area (TPSA) is 25.8 Å². The number of hydrogen-bond donors (Lipinski definition) is 0. The third kappa shape index (κ3) is 3.85. The molecule has 2 nitrogen and oxygen atoms in total. The van der Waals surface area contributed by atoms with Crippen LogP contribution in [0.5, 0.6) is 0 Å². The van der Waals surface area contributed by atoms with E-state index in [9.17, 15) is 0 Å². The molecule has 2 aromatic carbocycles. The van der Waals surface area contributed by atoms with E-state index in [-0.39, 0.29) is 0 Å². The average Bonchev–Trinajstić information content (AvgIpc) is 2.72. The van der Waals surface area contributed by atoms with Crippen LogP contribution in [0.1, 0.15) is 39.2 Å². The van der Waals surface area contributed by atoms with Gasteiger partial charge in [-0.1, -0.05) is 87.0 Å². The van der Waals surface area contributed by atoms with E-state index in [1.165, 1.54) is 18.4 Å². The van der Waals surface area contributed by atoms with Crippen LogP contribution < -0.4 is 0 Å². The minimum atomic E-state index is 0.320. The number of aromatic nitrogens is 2. The second-order valence-electron chi connectivity index (χ2n) is 9.48. The van der Waals surface area contributed by atoms with Crippen LogP contribution in [0, 0.1) is 17.3 Å². The summed E-state index contributed by atoms with van der Waals surface area (Å²) in [5.74, 6) is 2.26. The molecule has 1 fully saturated rings. The molecule has 0 saturated heterocycles. The average molecular weight is 426 g/mol. The van der Waals surface area contributed by atoms with E-state index in [1.54, 1.807) is 12.0 Å². The van der Waals surface area contributed by atoms with Crippen molar-refractivity contribution < 1.29 is 0 Å². The Hall–Kier alpha value is -2.71. The molecule has 0 spiro atoms. The Morgan fingerprint density at radius 1 is 0.774 bits per heavy atom. The SMILES string of the molecule is CC(C)(C)C1CC[C]1c1ccc(-c2nc3ccc(Cl)nc3cc2-c2ccccc2)cc1. The summed E-state index contributed by atoms with van der Waals surface area (Å²) in [6.45, 7) is 7.03. The van der Waals surface area contributed by atoms with Crippen molar-refractivity contribution in [3.63, 3.8) is 0 Å². The van der Waals surface area contributed by atoms with Crippen molar-refractivity contribution in [3.05, 3.63) is 89.4 Å². The van der Waals surface area contributed by atoms with Crippen molar-refractivity contribution in [2.75, 3.05) is 0 Å². The first-order valence-corrected chi connectivity index (χ1v) is 11.3. The second-order valence-corrected chi connectivity index (χ2v) is 9.87. The van der Waals surface area contributed by atoms with E-state index < -0.39 is 0 Å². The first-order valence-electron chi connectivity index (χ1n) is 10.9. The van der Waals surface area contributed by atoms with E-state index >= 15 is 0 Å². The zero-order chi connectivity index (χ0) is 21.6. The van der Waals surface area contributed by atoms with Gasteiger partial charge in [0.25, 0.3) is 0 Å². The molecule has 2 aromatic heterocycles. The van der Waals surface area contributed by atoms with Crippen LogP contribution >= 0.6 is 11.6 Å². The molecule has 4 aromatic rings. The first-order chi connectivity index (χ1) is 14.9. The molecule has 5 rings (SSSR count). The molecule has 1 aliphatic carbocycles. The predicted octanol–water partition coefficient (Wildman–Crippen LogP) is 8.00. The Balaban J connectivity index is 1.59. The molecule has 0 N–H and O–H groups in total. The molecule has 1 unspecified atom stereocenters. The summed E-state index contributed by atoms with van der Waals surface area (Å²) in [5, 5.41) is 0.483. The van der Waals surface area contributed by atoms with Crippen molar-refractivity contribution in [2.24, 2.45) is 11.3 Å². The van der Waals surface area contributed by atoms with Gasteiger partial charge < -0.3 is 0 Å². The minimum absolute atomic E-state index is 0.320. The first kappa shape index (κ1) is 20.2. The molecule has 155 valence electrons. The summed E-state index contributed by atoms with van der Waals surface area (Å²) >= 11 is 6.14. The Kier molecular flexibility index (Phi) is 5.06. The number of pyridine rings is 2. The zero-order valence-electron chi connectivity index (χ0n) is 18.2. The lowest BCUT2D eigenvalue weighted by Gasteiger charge is -2.45. The van der Waals surface area contributed by atoms with Crippen LogP contribution in [0.4, 0.5) is 0 Å². The third-order valence-corrected chi connectivity index (χ3v) is 6.63. The van der Waals surface area contributed by atoms with Crippen LogP contribution in [0.3, 0.4) is 0 Å². The highest BCUT2D eigenvalue weighted by Gasteiger charge is 2.40. The van der Waals surface area contributed by atoms with Crippen molar-refractivity contribution >= 4 is 22.6 Å². The fourth-order valence-corrected chi connectivity index (χ4v) is 4.82. The van der Waals surface area contributed by atoms with Gasteiger partial charge in [0.2, 0.25) is 0 Å². The van der Waals surface area contributed by atoms with Crippen molar-refractivity contribution in [2.45, 2.75) is 33.6 Å². The van der Waals surface area contributed by atoms with Gasteiger partial charge in [-0.25, -0.2) is 9.97 Å². The normalized spacial score (nSPS) is 17.0. The van der Waals surface area contributed by atoms with Crippen molar-refractivity contribution in [1.82, 2.24) is 9.97 Å². The van der Waals surface area contributed by atoms with Crippen LogP contribution in [0.2, 0.25) is 5.15 Å². The van der Waals surface area contributed by atoms with E-state index in [0.29, 0.717) is 16.5 Å². The molecule has 1 atom stereocenters. The molecule has 1 aliphatic rings. The van der Waals surface area contributed by atoms with Crippen molar-refractivity contribution in [1.29, 1.82) is 0 Å². The summed E-state index contributed by atoms with van der Waals surface area (Å²) in [7, 11) is 0. The van der Waals surface area contributed by atoms with Gasteiger partial charge in [0.05, 0.1) is 16.7 Å². The molecule has 1 saturated carbocycles. The van der Waals surface area contributed by atoms with Crippen LogP contribution in [0.25, 0.3) is 33.4 Å². The number of nitrogens with zero attached hydrogens (tertiary/aromatic N) is 2. The van der Waals surface area contributed by atoms with Gasteiger partial charge in [-0.2, -0.15) is 0 Å². The van der Waals surface area contributed by atoms with Crippen molar-refractivity contribution in [3.8, 4) is 22.4 Å². The predicted molar refractivity (Wildman–Crippen MR) is 130 cm³/mol. The Labute approximate surface area is 189 Å². The molecule has 3 heteroatoms. The van der Waals surface area contributed by atoms with Gasteiger partial charge in [-0.3, -0.25) is 0 Å². The van der Waals surface area contributed by atoms with Gasteiger partial charge in [0.15, 0.2) is 0 Å². The fraction of sp³-hybridized carbons (Fsp3) is 0.250. The summed E-state index contributed by atoms with van der Waals surface area (Å²) < 4.78 is 0. The van der Waals surface area contributed by atoms with E-state index in [1.807, 2.05) is 12.1 Å². The maximum atomic E-state index is 6.14. The van der Waals surface area contributed by atoms with Crippen LogP contribution in [0.15, 0.2) is 72.8 Å². The maximum absolute atomic E-state index is 6.14. The second kappa shape index (κ2) is 7.76.